The minimum atomic E-state index is -4.03. The number of sulfonamides is 2. The second-order valence-corrected chi connectivity index (χ2v) is 12.0. The molecule has 0 fully saturated rings. The third kappa shape index (κ3) is 5.45. The van der Waals surface area contributed by atoms with Gasteiger partial charge in [0.05, 0.1) is 21.2 Å². The van der Waals surface area contributed by atoms with Gasteiger partial charge in [-0.15, -0.1) is 0 Å². The van der Waals surface area contributed by atoms with Gasteiger partial charge in [0.1, 0.15) is 10.6 Å². The van der Waals surface area contributed by atoms with Gasteiger partial charge in [0.25, 0.3) is 20.0 Å². The first-order chi connectivity index (χ1) is 15.9. The zero-order valence-corrected chi connectivity index (χ0v) is 21.0. The van der Waals surface area contributed by atoms with Crippen molar-refractivity contribution in [3.05, 3.63) is 77.3 Å². The molecule has 0 atom stereocenters. The predicted octanol–water partition coefficient (Wildman–Crippen LogP) is 5.42. The molecule has 0 amide bonds. The van der Waals surface area contributed by atoms with Crippen LogP contribution < -0.4 is 14.4 Å². The monoisotopic (exact) mass is 520 g/mol. The van der Waals surface area contributed by atoms with Crippen molar-refractivity contribution in [1.29, 1.82) is 5.53 Å². The fourth-order valence-corrected chi connectivity index (χ4v) is 5.69. The van der Waals surface area contributed by atoms with E-state index in [9.17, 15) is 16.8 Å². The Balaban J connectivity index is 2.23. The van der Waals surface area contributed by atoms with Gasteiger partial charge in [0.2, 0.25) is 4.91 Å². The molecule has 0 spiro atoms. The topological polar surface area (TPSA) is 143 Å². The fourth-order valence-electron chi connectivity index (χ4n) is 3.15. The van der Waals surface area contributed by atoms with E-state index in [1.54, 1.807) is 36.4 Å². The molecule has 0 aliphatic carbocycles. The number of nitrogens with one attached hydrogen (secondary N) is 3. The molecule has 3 rings (SSSR count). The molecule has 3 N–H and O–H groups in total. The van der Waals surface area contributed by atoms with Gasteiger partial charge in [-0.1, -0.05) is 68.8 Å². The molecular weight excluding hydrogens is 498 g/mol. The van der Waals surface area contributed by atoms with Gasteiger partial charge in [0, 0.05) is 0 Å². The van der Waals surface area contributed by atoms with Gasteiger partial charge in [-0.3, -0.25) is 9.44 Å². The Bertz CT molecular complexity index is 1470. The van der Waals surface area contributed by atoms with Crippen LogP contribution in [0.5, 0.6) is 0 Å². The maximum absolute atomic E-state index is 13.0. The Kier molecular flexibility index (Phi) is 7.13. The van der Waals surface area contributed by atoms with Crippen LogP contribution in [0.1, 0.15) is 26.3 Å². The van der Waals surface area contributed by atoms with E-state index in [0.29, 0.717) is 5.56 Å². The molecule has 0 aromatic heterocycles. The highest BCUT2D eigenvalue weighted by atomic mass is 35.5. The molecule has 0 unspecified atom stereocenters. The van der Waals surface area contributed by atoms with Crippen molar-refractivity contribution < 1.29 is 16.8 Å². The van der Waals surface area contributed by atoms with Crippen LogP contribution in [0.3, 0.4) is 0 Å². The maximum atomic E-state index is 13.0. The van der Waals surface area contributed by atoms with E-state index in [1.807, 2.05) is 20.8 Å². The van der Waals surface area contributed by atoms with Crippen molar-refractivity contribution in [1.82, 2.24) is 4.91 Å². The summed E-state index contributed by atoms with van der Waals surface area (Å²) in [6.45, 7) is 5.46. The van der Waals surface area contributed by atoms with Crippen LogP contribution in [0.2, 0.25) is 5.02 Å². The van der Waals surface area contributed by atoms with Crippen molar-refractivity contribution in [3.63, 3.8) is 0 Å². The average molecular weight is 521 g/mol. The van der Waals surface area contributed by atoms with Crippen LogP contribution in [0, 0.1) is 5.53 Å². The quantitative estimate of drug-likeness (QED) is 0.282. The normalized spacial score (nSPS) is 12.0. The first-order valence-corrected chi connectivity index (χ1v) is 13.3. The fraction of sp³-hybridized carbons (Fsp3) is 0.182. The van der Waals surface area contributed by atoms with Crippen LogP contribution in [0.15, 0.2) is 81.6 Å². The van der Waals surface area contributed by atoms with Gasteiger partial charge < -0.3 is 0 Å². The van der Waals surface area contributed by atoms with E-state index in [2.05, 4.69) is 19.5 Å². The number of rotatable bonds is 7. The lowest BCUT2D eigenvalue weighted by Gasteiger charge is -2.26. The Morgan fingerprint density at radius 3 is 1.76 bits per heavy atom. The van der Waals surface area contributed by atoms with E-state index < -0.39 is 25.5 Å². The Morgan fingerprint density at radius 2 is 1.32 bits per heavy atom. The van der Waals surface area contributed by atoms with Crippen LogP contribution in [0.4, 0.5) is 17.1 Å². The molecule has 0 heterocycles. The zero-order chi connectivity index (χ0) is 25.1. The number of hydrogen-bond donors (Lipinski definition) is 3. The summed E-state index contributed by atoms with van der Waals surface area (Å²) in [5.41, 5.74) is 6.69. The van der Waals surface area contributed by atoms with Crippen molar-refractivity contribution >= 4 is 48.7 Å². The summed E-state index contributed by atoms with van der Waals surface area (Å²) in [6.07, 6.45) is 0. The summed E-state index contributed by atoms with van der Waals surface area (Å²) in [5.74, 6) is 0. The van der Waals surface area contributed by atoms with Gasteiger partial charge in [0.15, 0.2) is 10.8 Å². The number of nitrogens with zero attached hydrogens (tertiary/aromatic N) is 2. The van der Waals surface area contributed by atoms with Gasteiger partial charge in [-0.2, -0.15) is 0 Å². The van der Waals surface area contributed by atoms with Crippen LogP contribution in [0.25, 0.3) is 0 Å². The van der Waals surface area contributed by atoms with E-state index in [1.165, 1.54) is 30.3 Å². The molecular formula is C22H23ClN5O4S2+. The van der Waals surface area contributed by atoms with E-state index in [-0.39, 0.29) is 31.9 Å². The molecule has 0 saturated carbocycles. The molecule has 3 aromatic carbocycles. The lowest BCUT2D eigenvalue weighted by Crippen LogP contribution is -2.21. The van der Waals surface area contributed by atoms with Gasteiger partial charge in [-0.05, 0) is 41.3 Å². The lowest BCUT2D eigenvalue weighted by atomic mass is 9.85. The minimum absolute atomic E-state index is 0.00560. The molecule has 0 bridgehead atoms. The predicted molar refractivity (Wildman–Crippen MR) is 132 cm³/mol. The van der Waals surface area contributed by atoms with E-state index in [4.69, 9.17) is 17.1 Å². The second kappa shape index (κ2) is 9.55. The number of benzene rings is 3. The van der Waals surface area contributed by atoms with Gasteiger partial charge in [-0.25, -0.2) is 16.8 Å². The third-order valence-electron chi connectivity index (χ3n) is 4.79. The highest BCUT2D eigenvalue weighted by Crippen LogP contribution is 2.46. The number of anilines is 2. The maximum Gasteiger partial charge on any atom is 0.261 e. The van der Waals surface area contributed by atoms with Crippen LogP contribution in [-0.4, -0.2) is 16.8 Å². The summed E-state index contributed by atoms with van der Waals surface area (Å²) in [5, 5.41) is 3.47. The largest absolute Gasteiger partial charge is 0.278 e. The standard InChI is InChI=1S/C22H22ClN5O4S2/c1-22(2,3)17-14-18(26-33(29,30)15-10-6-4-7-11-15)21(25-28-24)19(23)20(17)27-34(31,32)16-12-8-5-9-13-16/h4-14H,1-3H3,(H2,24,25,27)/p+1. The summed E-state index contributed by atoms with van der Waals surface area (Å²) < 4.78 is 56.9. The minimum Gasteiger partial charge on any atom is -0.278 e. The molecule has 0 aliphatic heterocycles. The van der Waals surface area contributed by atoms with E-state index in [0.717, 1.165) is 0 Å². The van der Waals surface area contributed by atoms with E-state index >= 15 is 0 Å². The number of hydrogen-bond acceptors (Lipinski definition) is 6. The van der Waals surface area contributed by atoms with Crippen LogP contribution in [-0.2, 0) is 25.5 Å². The summed E-state index contributed by atoms with van der Waals surface area (Å²) >= 11 is 6.57. The van der Waals surface area contributed by atoms with Crippen molar-refractivity contribution in [2.45, 2.75) is 36.0 Å². The molecule has 9 nitrogen and oxygen atoms in total. The summed E-state index contributed by atoms with van der Waals surface area (Å²) in [6, 6.07) is 16.8. The number of halogens is 1. The second-order valence-electron chi connectivity index (χ2n) is 8.30. The first kappa shape index (κ1) is 25.4. The smallest absolute Gasteiger partial charge is 0.261 e. The first-order valence-electron chi connectivity index (χ1n) is 9.97. The molecule has 0 aliphatic rings. The SMILES string of the molecule is CC(C)(C)c1cc(NS(=O)(=O)c2ccccc2)c(N=[N+]=N)c(Cl)c1NS(=O)(=O)c1ccccc1. The molecule has 0 radical (unpaired) electrons. The molecule has 3 aromatic rings. The molecule has 12 heteroatoms. The zero-order valence-electron chi connectivity index (χ0n) is 18.6. The molecule has 34 heavy (non-hydrogen) atoms. The Labute approximate surface area is 203 Å². The van der Waals surface area contributed by atoms with Crippen molar-refractivity contribution in [3.8, 4) is 0 Å². The molecule has 178 valence electrons. The average Bonchev–Trinajstić information content (AvgIpc) is 2.78. The van der Waals surface area contributed by atoms with Gasteiger partial charge >= 0.3 is 0 Å². The van der Waals surface area contributed by atoms with Crippen molar-refractivity contribution in [2.24, 2.45) is 5.11 Å². The van der Waals surface area contributed by atoms with Crippen molar-refractivity contribution in [2.75, 3.05) is 9.44 Å². The highest BCUT2D eigenvalue weighted by molar-refractivity contribution is 7.93. The Hall–Kier alpha value is -3.24. The molecule has 0 saturated heterocycles. The van der Waals surface area contributed by atoms with Crippen LogP contribution >= 0.6 is 11.6 Å². The highest BCUT2D eigenvalue weighted by Gasteiger charge is 2.30. The Morgan fingerprint density at radius 1 is 0.853 bits per heavy atom. The lowest BCUT2D eigenvalue weighted by molar-refractivity contribution is 0.589. The summed E-state index contributed by atoms with van der Waals surface area (Å²) in [4.78, 5) is 3.02. The third-order valence-corrected chi connectivity index (χ3v) is 7.90. The summed E-state index contributed by atoms with van der Waals surface area (Å²) in [7, 11) is -8.07.